The Morgan fingerprint density at radius 1 is 1.56 bits per heavy atom. The number of esters is 1. The van der Waals surface area contributed by atoms with Gasteiger partial charge >= 0.3 is 5.97 Å². The van der Waals surface area contributed by atoms with E-state index >= 15 is 0 Å². The van der Waals surface area contributed by atoms with E-state index in [0.717, 1.165) is 24.1 Å². The van der Waals surface area contributed by atoms with Crippen molar-refractivity contribution >= 4 is 22.4 Å². The fourth-order valence-electron chi connectivity index (χ4n) is 1.51. The number of nitrogen functional groups attached to an aromatic ring is 1. The summed E-state index contributed by atoms with van der Waals surface area (Å²) in [6.07, 6.45) is 2.63. The van der Waals surface area contributed by atoms with Crippen LogP contribution in [0.2, 0.25) is 0 Å². The van der Waals surface area contributed by atoms with Crippen LogP contribution >= 0.6 is 11.3 Å². The van der Waals surface area contributed by atoms with Crippen molar-refractivity contribution < 1.29 is 9.53 Å². The van der Waals surface area contributed by atoms with Crippen molar-refractivity contribution in [1.29, 1.82) is 0 Å². The fraction of sp³-hybridized carbons (Fsp3) is 0.636. The molecule has 1 atom stereocenters. The average molecular weight is 242 g/mol. The molecule has 16 heavy (non-hydrogen) atoms. The van der Waals surface area contributed by atoms with Crippen LogP contribution < -0.4 is 10.5 Å². The zero-order chi connectivity index (χ0) is 12.1. The first-order valence-corrected chi connectivity index (χ1v) is 6.34. The lowest BCUT2D eigenvalue weighted by Crippen LogP contribution is -2.20. The number of anilines is 1. The molecule has 0 saturated heterocycles. The molecule has 4 nitrogen and oxygen atoms in total. The second kappa shape index (κ2) is 5.84. The molecule has 0 aliphatic heterocycles. The van der Waals surface area contributed by atoms with Gasteiger partial charge in [-0.2, -0.15) is 4.98 Å². The maximum absolute atomic E-state index is 11.8. The number of carbonyl (C=O) groups is 1. The topological polar surface area (TPSA) is 65.2 Å². The van der Waals surface area contributed by atoms with Gasteiger partial charge in [0.1, 0.15) is 0 Å². The zero-order valence-corrected chi connectivity index (χ0v) is 10.8. The number of aromatic nitrogens is 1. The van der Waals surface area contributed by atoms with E-state index in [0.29, 0.717) is 11.0 Å². The number of hydrogen-bond donors (Lipinski definition) is 1. The van der Waals surface area contributed by atoms with E-state index in [4.69, 9.17) is 10.5 Å². The zero-order valence-electron chi connectivity index (χ0n) is 9.95. The average Bonchev–Trinajstić information content (AvgIpc) is 2.53. The third-order valence-electron chi connectivity index (χ3n) is 2.43. The van der Waals surface area contributed by atoms with Gasteiger partial charge in [0.2, 0.25) is 5.88 Å². The predicted molar refractivity (Wildman–Crippen MR) is 65.6 cm³/mol. The van der Waals surface area contributed by atoms with Crippen LogP contribution in [0.4, 0.5) is 5.13 Å². The standard InChI is InChI=1S/C11H18N2O2S/c1-4-6-8(5-2)10(14)15-9-7(3)16-11(12)13-9/h8H,4-6H2,1-3H3,(H2,12,13). The lowest BCUT2D eigenvalue weighted by molar-refractivity contribution is -0.139. The predicted octanol–water partition coefficient (Wildman–Crippen LogP) is 2.77. The molecule has 1 rings (SSSR count). The third kappa shape index (κ3) is 3.20. The third-order valence-corrected chi connectivity index (χ3v) is 3.21. The van der Waals surface area contributed by atoms with Crippen LogP contribution in [-0.2, 0) is 4.79 Å². The first-order valence-electron chi connectivity index (χ1n) is 5.53. The highest BCUT2D eigenvalue weighted by atomic mass is 32.1. The van der Waals surface area contributed by atoms with E-state index in [2.05, 4.69) is 11.9 Å². The number of nitrogens with zero attached hydrogens (tertiary/aromatic N) is 1. The summed E-state index contributed by atoms with van der Waals surface area (Å²) in [5, 5.41) is 0.434. The molecule has 0 radical (unpaired) electrons. The molecular formula is C11H18N2O2S. The largest absolute Gasteiger partial charge is 0.406 e. The van der Waals surface area contributed by atoms with Crippen molar-refractivity contribution in [1.82, 2.24) is 4.98 Å². The molecule has 1 unspecified atom stereocenters. The van der Waals surface area contributed by atoms with Crippen molar-refractivity contribution in [2.24, 2.45) is 5.92 Å². The number of hydrogen-bond acceptors (Lipinski definition) is 5. The van der Waals surface area contributed by atoms with Crippen molar-refractivity contribution in [3.8, 4) is 5.88 Å². The number of nitrogens with two attached hydrogens (primary N) is 1. The number of thiazole rings is 1. The molecular weight excluding hydrogens is 224 g/mol. The molecule has 0 aliphatic carbocycles. The Kier molecular flexibility index (Phi) is 4.73. The highest BCUT2D eigenvalue weighted by Gasteiger charge is 2.20. The Morgan fingerprint density at radius 3 is 2.69 bits per heavy atom. The van der Waals surface area contributed by atoms with Gasteiger partial charge in [-0.25, -0.2) is 0 Å². The van der Waals surface area contributed by atoms with E-state index in [1.54, 1.807) is 0 Å². The highest BCUT2D eigenvalue weighted by Crippen LogP contribution is 2.26. The van der Waals surface area contributed by atoms with Gasteiger partial charge in [-0.05, 0) is 19.8 Å². The quantitative estimate of drug-likeness (QED) is 0.806. The van der Waals surface area contributed by atoms with E-state index in [9.17, 15) is 4.79 Å². The second-order valence-corrected chi connectivity index (χ2v) is 4.96. The molecule has 0 saturated carbocycles. The lowest BCUT2D eigenvalue weighted by Gasteiger charge is -2.11. The minimum atomic E-state index is -0.197. The minimum absolute atomic E-state index is 0.0349. The maximum atomic E-state index is 11.8. The summed E-state index contributed by atoms with van der Waals surface area (Å²) in [6.45, 7) is 5.89. The monoisotopic (exact) mass is 242 g/mol. The summed E-state index contributed by atoms with van der Waals surface area (Å²) in [5.41, 5.74) is 5.54. The van der Waals surface area contributed by atoms with Crippen molar-refractivity contribution in [3.05, 3.63) is 4.88 Å². The Hall–Kier alpha value is -1.10. The van der Waals surface area contributed by atoms with Crippen LogP contribution in [-0.4, -0.2) is 11.0 Å². The minimum Gasteiger partial charge on any atom is -0.406 e. The SMILES string of the molecule is CCCC(CC)C(=O)Oc1nc(N)sc1C. The molecule has 0 fully saturated rings. The number of rotatable bonds is 5. The molecule has 0 spiro atoms. The Bertz CT molecular complexity index is 363. The molecule has 1 heterocycles. The van der Waals surface area contributed by atoms with E-state index in [-0.39, 0.29) is 11.9 Å². The normalized spacial score (nSPS) is 12.4. The molecule has 5 heteroatoms. The summed E-state index contributed by atoms with van der Waals surface area (Å²) < 4.78 is 5.25. The van der Waals surface area contributed by atoms with E-state index in [1.165, 1.54) is 11.3 Å². The van der Waals surface area contributed by atoms with Crippen molar-refractivity contribution in [2.75, 3.05) is 5.73 Å². The summed E-state index contributed by atoms with van der Waals surface area (Å²) in [5.74, 6) is 0.132. The van der Waals surface area contributed by atoms with Crippen LogP contribution in [0.25, 0.3) is 0 Å². The molecule has 1 aromatic rings. The Morgan fingerprint density at radius 2 is 2.25 bits per heavy atom. The summed E-state index contributed by atoms with van der Waals surface area (Å²) in [7, 11) is 0. The number of ether oxygens (including phenoxy) is 1. The van der Waals surface area contributed by atoms with Crippen LogP contribution in [0.3, 0.4) is 0 Å². The van der Waals surface area contributed by atoms with Crippen LogP contribution in [0, 0.1) is 12.8 Å². The van der Waals surface area contributed by atoms with Crippen LogP contribution in [0.1, 0.15) is 38.0 Å². The molecule has 0 aromatic carbocycles. The highest BCUT2D eigenvalue weighted by molar-refractivity contribution is 7.15. The second-order valence-electron chi connectivity index (χ2n) is 3.73. The summed E-state index contributed by atoms with van der Waals surface area (Å²) in [4.78, 5) is 16.6. The summed E-state index contributed by atoms with van der Waals surface area (Å²) in [6, 6.07) is 0. The smallest absolute Gasteiger partial charge is 0.315 e. The van der Waals surface area contributed by atoms with Gasteiger partial charge in [0.15, 0.2) is 5.13 Å². The maximum Gasteiger partial charge on any atom is 0.315 e. The first kappa shape index (κ1) is 13.0. The van der Waals surface area contributed by atoms with Crippen LogP contribution in [0.15, 0.2) is 0 Å². The molecule has 2 N–H and O–H groups in total. The Labute approximate surface area is 99.8 Å². The molecule has 1 aromatic heterocycles. The van der Waals surface area contributed by atoms with Gasteiger partial charge in [0.05, 0.1) is 10.8 Å². The Balaban J connectivity index is 2.66. The van der Waals surface area contributed by atoms with Gasteiger partial charge < -0.3 is 10.5 Å². The molecule has 0 aliphatic rings. The van der Waals surface area contributed by atoms with Gasteiger partial charge in [-0.15, -0.1) is 0 Å². The van der Waals surface area contributed by atoms with Crippen molar-refractivity contribution in [2.45, 2.75) is 40.0 Å². The first-order chi connectivity index (χ1) is 7.58. The van der Waals surface area contributed by atoms with Crippen LogP contribution in [0.5, 0.6) is 5.88 Å². The van der Waals surface area contributed by atoms with Gasteiger partial charge in [-0.3, -0.25) is 4.79 Å². The fourth-order valence-corrected chi connectivity index (χ4v) is 2.13. The molecule has 0 bridgehead atoms. The summed E-state index contributed by atoms with van der Waals surface area (Å²) >= 11 is 1.33. The van der Waals surface area contributed by atoms with Gasteiger partial charge in [-0.1, -0.05) is 31.6 Å². The molecule has 0 amide bonds. The number of carbonyl (C=O) groups excluding carboxylic acids is 1. The molecule has 90 valence electrons. The van der Waals surface area contributed by atoms with Crippen molar-refractivity contribution in [3.63, 3.8) is 0 Å². The number of aryl methyl sites for hydroxylation is 1. The van der Waals surface area contributed by atoms with Gasteiger partial charge in [0, 0.05) is 0 Å². The van der Waals surface area contributed by atoms with E-state index in [1.807, 2.05) is 13.8 Å². The lowest BCUT2D eigenvalue weighted by atomic mass is 10.0. The van der Waals surface area contributed by atoms with E-state index < -0.39 is 0 Å². The van der Waals surface area contributed by atoms with Gasteiger partial charge in [0.25, 0.3) is 0 Å².